The molecule has 1 aromatic rings. The average molecular weight is 238 g/mol. The Morgan fingerprint density at radius 3 is 2.76 bits per heavy atom. The van der Waals surface area contributed by atoms with Crippen LogP contribution >= 0.6 is 0 Å². The zero-order valence-corrected chi connectivity index (χ0v) is 11.1. The van der Waals surface area contributed by atoms with Crippen LogP contribution in [0.1, 0.15) is 39.1 Å². The van der Waals surface area contributed by atoms with Gasteiger partial charge in [0.15, 0.2) is 11.7 Å². The minimum absolute atomic E-state index is 0.355. The van der Waals surface area contributed by atoms with Crippen molar-refractivity contribution in [1.29, 1.82) is 0 Å². The minimum Gasteiger partial charge on any atom is -0.359 e. The fourth-order valence-corrected chi connectivity index (χ4v) is 1.35. The first-order chi connectivity index (χ1) is 8.15. The molecule has 0 amide bonds. The predicted molar refractivity (Wildman–Crippen MR) is 69.0 cm³/mol. The molecular formula is C12H22N4O. The maximum Gasteiger partial charge on any atom is 0.191 e. The number of aryl methyl sites for hydroxylation is 1. The van der Waals surface area contributed by atoms with Gasteiger partial charge in [-0.2, -0.15) is 0 Å². The molecule has 0 aromatic carbocycles. The third-order valence-corrected chi connectivity index (χ3v) is 2.13. The average Bonchev–Trinajstić information content (AvgIpc) is 2.73. The van der Waals surface area contributed by atoms with Crippen molar-refractivity contribution in [3.8, 4) is 0 Å². The molecule has 0 spiro atoms. The van der Waals surface area contributed by atoms with E-state index in [4.69, 9.17) is 4.52 Å². The van der Waals surface area contributed by atoms with Crippen molar-refractivity contribution in [2.45, 2.75) is 46.7 Å². The van der Waals surface area contributed by atoms with Crippen molar-refractivity contribution < 1.29 is 4.52 Å². The molecular weight excluding hydrogens is 216 g/mol. The fraction of sp³-hybridized carbons (Fsp3) is 0.667. The van der Waals surface area contributed by atoms with Gasteiger partial charge in [-0.05, 0) is 27.2 Å². The molecule has 5 nitrogen and oxygen atoms in total. The maximum absolute atomic E-state index is 5.18. The van der Waals surface area contributed by atoms with Crippen LogP contribution in [0.15, 0.2) is 15.6 Å². The molecule has 5 heteroatoms. The van der Waals surface area contributed by atoms with Crippen LogP contribution in [0.5, 0.6) is 0 Å². The molecule has 1 aromatic heterocycles. The molecule has 1 rings (SSSR count). The van der Waals surface area contributed by atoms with Gasteiger partial charge in [-0.3, -0.25) is 0 Å². The highest BCUT2D eigenvalue weighted by molar-refractivity contribution is 5.79. The smallest absolute Gasteiger partial charge is 0.191 e. The number of nitrogens with one attached hydrogen (secondary N) is 2. The van der Waals surface area contributed by atoms with E-state index in [0.29, 0.717) is 12.6 Å². The lowest BCUT2D eigenvalue weighted by Gasteiger charge is -2.13. The number of hydrogen-bond donors (Lipinski definition) is 2. The molecule has 0 unspecified atom stereocenters. The lowest BCUT2D eigenvalue weighted by Crippen LogP contribution is -2.40. The van der Waals surface area contributed by atoms with E-state index in [1.54, 1.807) is 0 Å². The summed E-state index contributed by atoms with van der Waals surface area (Å²) < 4.78 is 5.18. The molecule has 0 radical (unpaired) electrons. The molecule has 2 N–H and O–H groups in total. The van der Waals surface area contributed by atoms with Crippen molar-refractivity contribution in [3.63, 3.8) is 0 Å². The third kappa shape index (κ3) is 4.89. The van der Waals surface area contributed by atoms with Gasteiger partial charge in [-0.25, -0.2) is 4.99 Å². The Hall–Kier alpha value is -1.52. The van der Waals surface area contributed by atoms with Gasteiger partial charge >= 0.3 is 0 Å². The van der Waals surface area contributed by atoms with Gasteiger partial charge in [0.2, 0.25) is 0 Å². The van der Waals surface area contributed by atoms with Crippen LogP contribution in [-0.2, 0) is 13.0 Å². The van der Waals surface area contributed by atoms with Gasteiger partial charge in [0.25, 0.3) is 0 Å². The first kappa shape index (κ1) is 13.5. The SMILES string of the molecule is CCNC(=NCc1cc(CC)no1)NC(C)C. The molecule has 96 valence electrons. The highest BCUT2D eigenvalue weighted by atomic mass is 16.5. The highest BCUT2D eigenvalue weighted by Gasteiger charge is 2.03. The fourth-order valence-electron chi connectivity index (χ4n) is 1.35. The summed E-state index contributed by atoms with van der Waals surface area (Å²) in [6.07, 6.45) is 0.886. The summed E-state index contributed by atoms with van der Waals surface area (Å²) in [5.41, 5.74) is 0.969. The Balaban J connectivity index is 2.58. The quantitative estimate of drug-likeness (QED) is 0.605. The highest BCUT2D eigenvalue weighted by Crippen LogP contribution is 2.05. The first-order valence-corrected chi connectivity index (χ1v) is 6.15. The van der Waals surface area contributed by atoms with Gasteiger partial charge in [0.1, 0.15) is 6.54 Å². The Morgan fingerprint density at radius 2 is 2.24 bits per heavy atom. The van der Waals surface area contributed by atoms with Crippen LogP contribution in [-0.4, -0.2) is 23.7 Å². The van der Waals surface area contributed by atoms with E-state index >= 15 is 0 Å². The molecule has 0 aliphatic heterocycles. The van der Waals surface area contributed by atoms with Crippen molar-refractivity contribution in [1.82, 2.24) is 15.8 Å². The molecule has 0 fully saturated rings. The zero-order chi connectivity index (χ0) is 12.7. The molecule has 1 heterocycles. The number of aromatic nitrogens is 1. The van der Waals surface area contributed by atoms with E-state index in [1.165, 1.54) is 0 Å². The van der Waals surface area contributed by atoms with E-state index < -0.39 is 0 Å². The summed E-state index contributed by atoms with van der Waals surface area (Å²) in [6, 6.07) is 2.30. The number of aliphatic imine (C=N–C) groups is 1. The molecule has 17 heavy (non-hydrogen) atoms. The summed E-state index contributed by atoms with van der Waals surface area (Å²) in [5.74, 6) is 1.60. The summed E-state index contributed by atoms with van der Waals surface area (Å²) in [5, 5.41) is 10.4. The Bertz CT molecular complexity index is 357. The van der Waals surface area contributed by atoms with Gasteiger partial charge < -0.3 is 15.2 Å². The first-order valence-electron chi connectivity index (χ1n) is 6.15. The van der Waals surface area contributed by atoms with Gasteiger partial charge in [-0.1, -0.05) is 12.1 Å². The Kier molecular flexibility index (Phi) is 5.52. The Morgan fingerprint density at radius 1 is 1.47 bits per heavy atom. The molecule has 0 bridgehead atoms. The van der Waals surface area contributed by atoms with Crippen molar-refractivity contribution in [3.05, 3.63) is 17.5 Å². The number of nitrogens with zero attached hydrogens (tertiary/aromatic N) is 2. The lowest BCUT2D eigenvalue weighted by molar-refractivity contribution is 0.379. The van der Waals surface area contributed by atoms with Crippen LogP contribution in [0.2, 0.25) is 0 Å². The molecule has 0 aliphatic rings. The third-order valence-electron chi connectivity index (χ3n) is 2.13. The van der Waals surface area contributed by atoms with Crippen LogP contribution in [0.25, 0.3) is 0 Å². The van der Waals surface area contributed by atoms with Crippen molar-refractivity contribution in [2.75, 3.05) is 6.54 Å². The normalized spacial score (nSPS) is 11.9. The molecule has 0 saturated carbocycles. The molecule has 0 atom stereocenters. The number of hydrogen-bond acceptors (Lipinski definition) is 3. The second-order valence-electron chi connectivity index (χ2n) is 4.13. The standard InChI is InChI=1S/C12H22N4O/c1-5-10-7-11(17-16-10)8-14-12(13-6-2)15-9(3)4/h7,9H,5-6,8H2,1-4H3,(H2,13,14,15). The largest absolute Gasteiger partial charge is 0.359 e. The summed E-state index contributed by atoms with van der Waals surface area (Å²) >= 11 is 0. The number of rotatable bonds is 5. The monoisotopic (exact) mass is 238 g/mol. The topological polar surface area (TPSA) is 62.5 Å². The maximum atomic E-state index is 5.18. The minimum atomic E-state index is 0.355. The van der Waals surface area contributed by atoms with Crippen LogP contribution in [0.4, 0.5) is 0 Å². The van der Waals surface area contributed by atoms with Gasteiger partial charge in [0.05, 0.1) is 5.69 Å². The second kappa shape index (κ2) is 6.93. The van der Waals surface area contributed by atoms with Crippen LogP contribution < -0.4 is 10.6 Å². The zero-order valence-electron chi connectivity index (χ0n) is 11.1. The van der Waals surface area contributed by atoms with Crippen LogP contribution in [0, 0.1) is 0 Å². The van der Waals surface area contributed by atoms with Gasteiger partial charge in [0, 0.05) is 18.7 Å². The lowest BCUT2D eigenvalue weighted by atomic mass is 10.3. The molecule has 0 saturated heterocycles. The molecule has 0 aliphatic carbocycles. The Labute approximate surface area is 103 Å². The predicted octanol–water partition coefficient (Wildman–Crippen LogP) is 1.70. The van der Waals surface area contributed by atoms with Gasteiger partial charge in [-0.15, -0.1) is 0 Å². The second-order valence-corrected chi connectivity index (χ2v) is 4.13. The summed E-state index contributed by atoms with van der Waals surface area (Å²) in [7, 11) is 0. The van der Waals surface area contributed by atoms with Crippen LogP contribution in [0.3, 0.4) is 0 Å². The summed E-state index contributed by atoms with van der Waals surface area (Å²) in [6.45, 7) is 9.60. The van der Waals surface area contributed by atoms with E-state index in [1.807, 2.05) is 13.0 Å². The van der Waals surface area contributed by atoms with E-state index in [2.05, 4.69) is 41.6 Å². The van der Waals surface area contributed by atoms with Crippen molar-refractivity contribution >= 4 is 5.96 Å². The van der Waals surface area contributed by atoms with E-state index in [-0.39, 0.29) is 0 Å². The van der Waals surface area contributed by atoms with Crippen molar-refractivity contribution in [2.24, 2.45) is 4.99 Å². The van der Waals surface area contributed by atoms with E-state index in [0.717, 1.165) is 30.4 Å². The summed E-state index contributed by atoms with van der Waals surface area (Å²) in [4.78, 5) is 4.43. The van der Waals surface area contributed by atoms with E-state index in [9.17, 15) is 0 Å². The number of guanidine groups is 1.